The van der Waals surface area contributed by atoms with Crippen LogP contribution < -0.4 is 14.9 Å². The number of rotatable bonds is 16. The van der Waals surface area contributed by atoms with Crippen LogP contribution in [0.5, 0.6) is 0 Å². The Bertz CT molecular complexity index is 2900. The molecule has 6 aromatic rings. The van der Waals surface area contributed by atoms with Gasteiger partial charge in [0.1, 0.15) is 21.9 Å². The van der Waals surface area contributed by atoms with E-state index in [0.29, 0.717) is 90.9 Å². The van der Waals surface area contributed by atoms with Crippen molar-refractivity contribution in [2.24, 2.45) is 5.92 Å². The minimum atomic E-state index is -5.62. The predicted octanol–water partition coefficient (Wildman–Crippen LogP) is 7.26. The first-order valence-electron chi connectivity index (χ1n) is 20.5. The van der Waals surface area contributed by atoms with Gasteiger partial charge in [-0.25, -0.2) is 36.5 Å². The molecule has 0 bridgehead atoms. The number of fused-ring (bicyclic) bond motifs is 2. The average molecular weight is 983 g/mol. The van der Waals surface area contributed by atoms with Gasteiger partial charge in [-0.2, -0.15) is 8.78 Å². The summed E-state index contributed by atoms with van der Waals surface area (Å²) in [7, 11) is -10.5. The van der Waals surface area contributed by atoms with Crippen LogP contribution in [-0.2, 0) is 44.0 Å². The van der Waals surface area contributed by atoms with Gasteiger partial charge in [-0.3, -0.25) is 19.8 Å². The number of benzene rings is 3. The maximum atomic E-state index is 14.7. The number of nitrogens with zero attached hydrogens (tertiary/aromatic N) is 5. The molecule has 2 amide bonds. The van der Waals surface area contributed by atoms with Crippen LogP contribution in [0.15, 0.2) is 118 Å². The zero-order valence-electron chi connectivity index (χ0n) is 34.5. The molecule has 3 aromatic carbocycles. The molecule has 340 valence electrons. The Hall–Kier alpha value is -5.09. The van der Waals surface area contributed by atoms with E-state index in [9.17, 15) is 35.2 Å². The summed E-state index contributed by atoms with van der Waals surface area (Å²) in [5, 5.41) is 3.27. The fraction of sp³-hybridized carbons (Fsp3) is 0.295. The molecule has 3 aromatic heterocycles. The number of sulfone groups is 1. The lowest BCUT2D eigenvalue weighted by atomic mass is 9.94. The van der Waals surface area contributed by atoms with Crippen molar-refractivity contribution >= 4 is 87.7 Å². The number of aromatic nitrogens is 3. The number of carbonyl (C=O) groups is 2. The summed E-state index contributed by atoms with van der Waals surface area (Å²) in [6, 6.07) is 25.9. The summed E-state index contributed by atoms with van der Waals surface area (Å²) in [6.07, 6.45) is 2.79. The highest BCUT2D eigenvalue weighted by atomic mass is 35.5. The molecule has 2 aliphatic rings. The van der Waals surface area contributed by atoms with Crippen LogP contribution in [0.4, 0.5) is 19.7 Å². The molecule has 0 radical (unpaired) electrons. The number of alkyl halides is 3. The van der Waals surface area contributed by atoms with Crippen molar-refractivity contribution in [1.82, 2.24) is 24.6 Å². The molecule has 0 unspecified atom stereocenters. The van der Waals surface area contributed by atoms with E-state index in [1.807, 2.05) is 46.0 Å². The van der Waals surface area contributed by atoms with Gasteiger partial charge in [-0.1, -0.05) is 53.8 Å². The van der Waals surface area contributed by atoms with Gasteiger partial charge in [-0.15, -0.1) is 11.8 Å². The van der Waals surface area contributed by atoms with Crippen molar-refractivity contribution < 1.29 is 39.9 Å². The summed E-state index contributed by atoms with van der Waals surface area (Å²) in [5.74, 6) is -0.897. The third-order valence-corrected chi connectivity index (χ3v) is 16.7. The van der Waals surface area contributed by atoms with Gasteiger partial charge in [-0.05, 0) is 115 Å². The quantitative estimate of drug-likeness (QED) is 0.0732. The molecular formula is C44H42ClF2N7O7S4. The molecule has 1 atom stereocenters. The van der Waals surface area contributed by atoms with Crippen LogP contribution in [0.3, 0.4) is 0 Å². The van der Waals surface area contributed by atoms with Gasteiger partial charge >= 0.3 is 4.71 Å². The van der Waals surface area contributed by atoms with E-state index < -0.39 is 40.3 Å². The molecule has 0 aliphatic carbocycles. The number of ether oxygens (including phenoxy) is 1. The number of nitrogens with one attached hydrogen (secondary N) is 2. The van der Waals surface area contributed by atoms with E-state index in [-0.39, 0.29) is 36.0 Å². The summed E-state index contributed by atoms with van der Waals surface area (Å²) in [4.78, 5) is 44.3. The van der Waals surface area contributed by atoms with Crippen molar-refractivity contribution in [2.75, 3.05) is 55.4 Å². The minimum Gasteiger partial charge on any atom is -0.379 e. The first-order chi connectivity index (χ1) is 31.1. The van der Waals surface area contributed by atoms with Gasteiger partial charge in [0.2, 0.25) is 0 Å². The Morgan fingerprint density at radius 2 is 1.69 bits per heavy atom. The highest BCUT2D eigenvalue weighted by Crippen LogP contribution is 2.37. The Morgan fingerprint density at radius 3 is 2.46 bits per heavy atom. The summed E-state index contributed by atoms with van der Waals surface area (Å²) in [5.41, 5.74) is 2.45. The maximum absolute atomic E-state index is 14.7. The molecule has 65 heavy (non-hydrogen) atoms. The minimum absolute atomic E-state index is 0.0170. The molecule has 8 rings (SSSR count). The number of hydrogen-bond acceptors (Lipinski definition) is 14. The lowest BCUT2D eigenvalue weighted by Gasteiger charge is -2.31. The second-order valence-corrected chi connectivity index (χ2v) is 21.8. The SMILES string of the molecule is O=C(NS(=O)(=O)c1ccc(C[C@H](CCN2CCOCC2)CSc2ccccc2)c(S(=O)(=O)C(F)(F)Cl)c1)c1cccc(N2CCc3cccc(C(=O)Nc4nc5cccnc5s4)c3C2)n1. The molecule has 0 saturated carbocycles. The Labute approximate surface area is 387 Å². The lowest BCUT2D eigenvalue weighted by Crippen LogP contribution is -2.37. The zero-order valence-corrected chi connectivity index (χ0v) is 38.6. The van der Waals surface area contributed by atoms with Crippen molar-refractivity contribution in [3.05, 3.63) is 131 Å². The average Bonchev–Trinajstić information content (AvgIpc) is 3.72. The van der Waals surface area contributed by atoms with Gasteiger partial charge < -0.3 is 9.64 Å². The Balaban J connectivity index is 1.000. The van der Waals surface area contributed by atoms with Crippen molar-refractivity contribution in [1.29, 1.82) is 0 Å². The summed E-state index contributed by atoms with van der Waals surface area (Å²) in [6.45, 7) is 3.94. The van der Waals surface area contributed by atoms with E-state index >= 15 is 0 Å². The number of amides is 2. The number of morpholine rings is 1. The van der Waals surface area contributed by atoms with Crippen LogP contribution in [0.1, 0.15) is 44.0 Å². The normalized spacial score (nSPS) is 15.3. The topological polar surface area (TPSA) is 181 Å². The van der Waals surface area contributed by atoms with Crippen molar-refractivity contribution in [3.8, 4) is 0 Å². The number of pyridine rings is 2. The fourth-order valence-electron chi connectivity index (χ4n) is 7.66. The van der Waals surface area contributed by atoms with E-state index in [0.717, 1.165) is 22.1 Å². The third-order valence-electron chi connectivity index (χ3n) is 11.1. The number of thiazole rings is 1. The number of anilines is 2. The molecule has 5 heterocycles. The molecule has 1 fully saturated rings. The lowest BCUT2D eigenvalue weighted by molar-refractivity contribution is 0.0357. The second-order valence-electron chi connectivity index (χ2n) is 15.4. The van der Waals surface area contributed by atoms with Crippen molar-refractivity contribution in [3.63, 3.8) is 0 Å². The molecule has 21 heteroatoms. The zero-order chi connectivity index (χ0) is 45.8. The molecule has 1 saturated heterocycles. The van der Waals surface area contributed by atoms with Crippen LogP contribution in [0.2, 0.25) is 0 Å². The van der Waals surface area contributed by atoms with Gasteiger partial charge in [0.25, 0.3) is 31.7 Å². The number of hydrogen-bond donors (Lipinski definition) is 2. The second kappa shape index (κ2) is 19.8. The summed E-state index contributed by atoms with van der Waals surface area (Å²) < 4.78 is 86.3. The van der Waals surface area contributed by atoms with Crippen LogP contribution >= 0.6 is 34.7 Å². The molecular weight excluding hydrogens is 940 g/mol. The van der Waals surface area contributed by atoms with Gasteiger partial charge in [0.15, 0.2) is 5.13 Å². The van der Waals surface area contributed by atoms with E-state index in [1.165, 1.54) is 41.3 Å². The largest absolute Gasteiger partial charge is 0.427 e. The highest BCUT2D eigenvalue weighted by Gasteiger charge is 2.46. The van der Waals surface area contributed by atoms with E-state index in [4.69, 9.17) is 16.3 Å². The van der Waals surface area contributed by atoms with Gasteiger partial charge in [0, 0.05) is 48.6 Å². The van der Waals surface area contributed by atoms with E-state index in [1.54, 1.807) is 36.5 Å². The summed E-state index contributed by atoms with van der Waals surface area (Å²) >= 11 is 7.97. The standard InChI is InChI=1S/C44H42ClF2N7O7S4/c45-44(46,47)64(57,58)38-26-33(15-14-31(38)25-29(16-19-53-21-23-61-24-22-53)28-62-32-8-2-1-3-9-32)65(59,60)52-41(56)36-11-5-13-39(49-36)54-20-17-30-7-4-10-34(35(30)27-54)40(55)51-43-50-37-12-6-18-48-42(37)63-43/h1-15,18,26,29H,16-17,19-25,27-28H2,(H,52,56)(H,50,51,55)/t29-/m0/s1. The number of thioether (sulfide) groups is 1. The first-order valence-corrected chi connectivity index (χ1v) is 25.6. The third kappa shape index (κ3) is 11.0. The molecule has 0 spiro atoms. The Morgan fingerprint density at radius 1 is 0.908 bits per heavy atom. The smallest absolute Gasteiger partial charge is 0.379 e. The number of halogens is 3. The maximum Gasteiger partial charge on any atom is 0.427 e. The van der Waals surface area contributed by atoms with Gasteiger partial charge in [0.05, 0.1) is 23.0 Å². The Kier molecular flexibility index (Phi) is 14.1. The highest BCUT2D eigenvalue weighted by molar-refractivity contribution is 7.99. The van der Waals surface area contributed by atoms with Crippen LogP contribution in [-0.4, -0.2) is 98.4 Å². The molecule has 2 N–H and O–H groups in total. The predicted molar refractivity (Wildman–Crippen MR) is 246 cm³/mol. The molecule has 14 nitrogen and oxygen atoms in total. The van der Waals surface area contributed by atoms with Crippen molar-refractivity contribution in [2.45, 2.75) is 45.2 Å². The molecule has 2 aliphatic heterocycles. The van der Waals surface area contributed by atoms with Crippen LogP contribution in [0.25, 0.3) is 10.3 Å². The van der Waals surface area contributed by atoms with Crippen LogP contribution in [0, 0.1) is 5.92 Å². The number of sulfonamides is 1. The first kappa shape index (κ1) is 46.4. The monoisotopic (exact) mass is 981 g/mol. The van der Waals surface area contributed by atoms with E-state index in [2.05, 4.69) is 25.2 Å². The fourth-order valence-corrected chi connectivity index (χ4v) is 11.9. The number of carbonyl (C=O) groups excluding carboxylic acids is 2.